The molecule has 0 aliphatic carbocycles. The van der Waals surface area contributed by atoms with Crippen LogP contribution in [0.15, 0.2) is 60.7 Å². The number of Topliss-reactive ketones (excluding diaryl/α,β-unsaturated/α-hetero) is 1. The lowest BCUT2D eigenvalue weighted by Gasteiger charge is -2.24. The van der Waals surface area contributed by atoms with Crippen molar-refractivity contribution in [2.24, 2.45) is 0 Å². The predicted octanol–water partition coefficient (Wildman–Crippen LogP) is 4.49. The average Bonchev–Trinajstić information content (AvgIpc) is 2.94. The quantitative estimate of drug-likeness (QED) is 0.327. The Balaban J connectivity index is 2.19. The van der Waals surface area contributed by atoms with Crippen molar-refractivity contribution in [1.82, 2.24) is 4.90 Å². The second kappa shape index (κ2) is 8.49. The van der Waals surface area contributed by atoms with Crippen LogP contribution in [0, 0.1) is 5.82 Å². The van der Waals surface area contributed by atoms with Crippen molar-refractivity contribution in [3.05, 3.63) is 82.7 Å². The van der Waals surface area contributed by atoms with Gasteiger partial charge in [-0.15, -0.1) is 6.58 Å². The van der Waals surface area contributed by atoms with E-state index in [1.54, 1.807) is 19.1 Å². The maximum Gasteiger partial charge on any atom is 0.295 e. The van der Waals surface area contributed by atoms with E-state index in [2.05, 4.69) is 6.58 Å². The van der Waals surface area contributed by atoms with Crippen LogP contribution in [-0.2, 0) is 9.59 Å². The van der Waals surface area contributed by atoms with E-state index in [0.29, 0.717) is 12.4 Å². The van der Waals surface area contributed by atoms with Crippen molar-refractivity contribution in [2.75, 3.05) is 13.2 Å². The molecule has 0 saturated carbocycles. The first-order chi connectivity index (χ1) is 13.9. The molecule has 1 atom stereocenters. The lowest BCUT2D eigenvalue weighted by molar-refractivity contribution is -0.139. The van der Waals surface area contributed by atoms with E-state index in [4.69, 9.17) is 16.3 Å². The van der Waals surface area contributed by atoms with Gasteiger partial charge in [0.2, 0.25) is 0 Å². The summed E-state index contributed by atoms with van der Waals surface area (Å²) in [6, 6.07) is 9.23. The Bertz CT molecular complexity index is 1020. The normalized spacial score (nSPS) is 18.2. The van der Waals surface area contributed by atoms with Gasteiger partial charge in [-0.2, -0.15) is 0 Å². The summed E-state index contributed by atoms with van der Waals surface area (Å²) in [4.78, 5) is 26.5. The number of carbonyl (C=O) groups is 2. The van der Waals surface area contributed by atoms with Crippen LogP contribution in [0.5, 0.6) is 5.75 Å². The van der Waals surface area contributed by atoms with Crippen molar-refractivity contribution in [2.45, 2.75) is 13.0 Å². The summed E-state index contributed by atoms with van der Waals surface area (Å²) in [5.74, 6) is -2.35. The summed E-state index contributed by atoms with van der Waals surface area (Å²) < 4.78 is 19.9. The number of amides is 1. The molecule has 1 unspecified atom stereocenters. The molecule has 0 spiro atoms. The van der Waals surface area contributed by atoms with Gasteiger partial charge in [-0.25, -0.2) is 4.39 Å². The van der Waals surface area contributed by atoms with Crippen molar-refractivity contribution < 1.29 is 23.8 Å². The van der Waals surface area contributed by atoms with Crippen LogP contribution in [0.1, 0.15) is 24.1 Å². The van der Waals surface area contributed by atoms with Gasteiger partial charge < -0.3 is 14.7 Å². The summed E-state index contributed by atoms with van der Waals surface area (Å²) in [5, 5.41) is 11.1. The second-order valence-corrected chi connectivity index (χ2v) is 6.75. The largest absolute Gasteiger partial charge is 0.507 e. The molecule has 1 saturated heterocycles. The smallest absolute Gasteiger partial charge is 0.295 e. The molecule has 2 aromatic carbocycles. The number of ether oxygens (including phenoxy) is 1. The highest BCUT2D eigenvalue weighted by Crippen LogP contribution is 2.40. The average molecular weight is 416 g/mol. The van der Waals surface area contributed by atoms with Gasteiger partial charge in [-0.3, -0.25) is 9.59 Å². The van der Waals surface area contributed by atoms with Crippen molar-refractivity contribution in [1.29, 1.82) is 0 Å². The second-order valence-electron chi connectivity index (χ2n) is 6.34. The fraction of sp³-hybridized carbons (Fsp3) is 0.182. The molecule has 0 bridgehead atoms. The molecule has 150 valence electrons. The number of aliphatic hydroxyl groups excluding tert-OH is 1. The standard InChI is InChI=1S/C22H19ClFNO4/c1-3-11-25-19(14-7-5-6-8-16(14)24)18(21(27)22(25)28)20(26)13-9-10-17(29-4-2)15(23)12-13/h3,5-10,12,19,26H,1,4,11H2,2H3/b20-18+. The molecule has 1 fully saturated rings. The fourth-order valence-electron chi connectivity index (χ4n) is 3.30. The molecule has 0 radical (unpaired) electrons. The Morgan fingerprint density at radius 3 is 2.66 bits per heavy atom. The molecular weight excluding hydrogens is 397 g/mol. The van der Waals surface area contributed by atoms with E-state index < -0.39 is 29.3 Å². The third-order valence-electron chi connectivity index (χ3n) is 4.57. The Hall–Kier alpha value is -3.12. The number of aliphatic hydroxyl groups is 1. The SMILES string of the molecule is C=CCN1C(=O)C(=O)/C(=C(/O)c2ccc(OCC)c(Cl)c2)C1c1ccccc1F. The molecule has 1 amide bonds. The minimum atomic E-state index is -1.08. The molecular formula is C22H19ClFNO4. The van der Waals surface area contributed by atoms with Crippen LogP contribution < -0.4 is 4.74 Å². The number of halogens is 2. The van der Waals surface area contributed by atoms with Crippen LogP contribution in [-0.4, -0.2) is 34.8 Å². The molecule has 7 heteroatoms. The minimum Gasteiger partial charge on any atom is -0.507 e. The molecule has 5 nitrogen and oxygen atoms in total. The number of hydrogen-bond acceptors (Lipinski definition) is 4. The summed E-state index contributed by atoms with van der Waals surface area (Å²) in [5.41, 5.74) is 0.116. The Morgan fingerprint density at radius 1 is 1.31 bits per heavy atom. The zero-order valence-corrected chi connectivity index (χ0v) is 16.4. The molecule has 2 aromatic rings. The first kappa shape index (κ1) is 20.6. The first-order valence-electron chi connectivity index (χ1n) is 8.97. The van der Waals surface area contributed by atoms with Crippen LogP contribution in [0.3, 0.4) is 0 Å². The van der Waals surface area contributed by atoms with Crippen LogP contribution >= 0.6 is 11.6 Å². The zero-order valence-electron chi connectivity index (χ0n) is 15.7. The molecule has 0 aromatic heterocycles. The van der Waals surface area contributed by atoms with Crippen molar-refractivity contribution >= 4 is 29.1 Å². The van der Waals surface area contributed by atoms with E-state index in [9.17, 15) is 19.1 Å². The zero-order chi connectivity index (χ0) is 21.1. The molecule has 3 rings (SSSR count). The summed E-state index contributed by atoms with van der Waals surface area (Å²) in [7, 11) is 0. The van der Waals surface area contributed by atoms with Gasteiger partial charge in [-0.1, -0.05) is 35.9 Å². The third-order valence-corrected chi connectivity index (χ3v) is 4.87. The molecule has 1 aliphatic heterocycles. The van der Waals surface area contributed by atoms with E-state index >= 15 is 0 Å². The maximum atomic E-state index is 14.5. The number of likely N-dealkylation sites (tertiary alicyclic amines) is 1. The lowest BCUT2D eigenvalue weighted by Crippen LogP contribution is -2.30. The number of benzene rings is 2. The van der Waals surface area contributed by atoms with Gasteiger partial charge >= 0.3 is 0 Å². The van der Waals surface area contributed by atoms with Gasteiger partial charge in [0.15, 0.2) is 0 Å². The Morgan fingerprint density at radius 2 is 2.03 bits per heavy atom. The highest BCUT2D eigenvalue weighted by molar-refractivity contribution is 6.46. The molecule has 29 heavy (non-hydrogen) atoms. The van der Waals surface area contributed by atoms with Gasteiger partial charge in [0, 0.05) is 17.7 Å². The Labute approximate surface area is 172 Å². The van der Waals surface area contributed by atoms with Crippen molar-refractivity contribution in [3.63, 3.8) is 0 Å². The number of rotatable bonds is 6. The summed E-state index contributed by atoms with van der Waals surface area (Å²) in [6.07, 6.45) is 1.44. The highest BCUT2D eigenvalue weighted by atomic mass is 35.5. The Kier molecular flexibility index (Phi) is 6.03. The van der Waals surface area contributed by atoms with Crippen LogP contribution in [0.25, 0.3) is 5.76 Å². The van der Waals surface area contributed by atoms with Gasteiger partial charge in [0.1, 0.15) is 17.3 Å². The van der Waals surface area contributed by atoms with Crippen molar-refractivity contribution in [3.8, 4) is 5.75 Å². The lowest BCUT2D eigenvalue weighted by atomic mass is 9.95. The summed E-state index contributed by atoms with van der Waals surface area (Å²) in [6.45, 7) is 5.82. The third kappa shape index (κ3) is 3.76. The first-order valence-corrected chi connectivity index (χ1v) is 9.34. The number of nitrogens with zero attached hydrogens (tertiary/aromatic N) is 1. The van der Waals surface area contributed by atoms with E-state index in [1.165, 1.54) is 41.3 Å². The number of ketones is 1. The predicted molar refractivity (Wildman–Crippen MR) is 108 cm³/mol. The topological polar surface area (TPSA) is 66.8 Å². The van der Waals surface area contributed by atoms with Crippen LogP contribution in [0.2, 0.25) is 5.02 Å². The highest BCUT2D eigenvalue weighted by Gasteiger charge is 2.46. The molecule has 1 aliphatic rings. The summed E-state index contributed by atoms with van der Waals surface area (Å²) >= 11 is 6.19. The molecule has 1 N–H and O–H groups in total. The fourth-order valence-corrected chi connectivity index (χ4v) is 3.54. The van der Waals surface area contributed by atoms with Crippen LogP contribution in [0.4, 0.5) is 4.39 Å². The minimum absolute atomic E-state index is 0.0182. The molecule has 1 heterocycles. The number of hydrogen-bond donors (Lipinski definition) is 1. The number of carbonyl (C=O) groups excluding carboxylic acids is 2. The van der Waals surface area contributed by atoms with E-state index in [1.807, 2.05) is 0 Å². The monoisotopic (exact) mass is 415 g/mol. The van der Waals surface area contributed by atoms with Gasteiger partial charge in [0.05, 0.1) is 23.2 Å². The maximum absolute atomic E-state index is 14.5. The van der Waals surface area contributed by atoms with E-state index in [0.717, 1.165) is 0 Å². The van der Waals surface area contributed by atoms with Gasteiger partial charge in [0.25, 0.3) is 11.7 Å². The van der Waals surface area contributed by atoms with Gasteiger partial charge in [-0.05, 0) is 31.2 Å². The van der Waals surface area contributed by atoms with E-state index in [-0.39, 0.29) is 28.3 Å².